The number of carbonyl (C=O) groups excluding carboxylic acids is 2. The van der Waals surface area contributed by atoms with Gasteiger partial charge in [-0.3, -0.25) is 14.8 Å². The molecule has 0 saturated heterocycles. The normalized spacial score (nSPS) is 10.3. The number of hydrogen-bond donors (Lipinski definition) is 4. The molecule has 0 bridgehead atoms. The Hall–Kier alpha value is -3.38. The maximum absolute atomic E-state index is 12.0. The summed E-state index contributed by atoms with van der Waals surface area (Å²) in [6.07, 6.45) is 1.69. The number of amides is 2. The Labute approximate surface area is 144 Å². The topological polar surface area (TPSA) is 94.2 Å². The Morgan fingerprint density at radius 2 is 1.76 bits per heavy atom. The average molecular weight is 335 g/mol. The zero-order valence-corrected chi connectivity index (χ0v) is 13.3. The van der Waals surface area contributed by atoms with Crippen molar-refractivity contribution in [2.45, 2.75) is 6.54 Å². The van der Waals surface area contributed by atoms with Crippen molar-refractivity contribution in [3.63, 3.8) is 0 Å². The summed E-state index contributed by atoms with van der Waals surface area (Å²) in [5, 5.41) is 11.8. The number of hydrogen-bond acceptors (Lipinski definition) is 3. The van der Waals surface area contributed by atoms with Gasteiger partial charge in [-0.25, -0.2) is 5.48 Å². The van der Waals surface area contributed by atoms with E-state index in [2.05, 4.69) is 10.3 Å². The van der Waals surface area contributed by atoms with E-state index in [4.69, 9.17) is 5.21 Å². The van der Waals surface area contributed by atoms with Crippen molar-refractivity contribution < 1.29 is 14.8 Å². The largest absolute Gasteiger partial charge is 0.357 e. The molecule has 3 rings (SSSR count). The molecule has 1 heterocycles. The maximum atomic E-state index is 12.0. The number of rotatable bonds is 5. The highest BCUT2D eigenvalue weighted by Gasteiger charge is 2.13. The first-order valence-corrected chi connectivity index (χ1v) is 7.73. The van der Waals surface area contributed by atoms with E-state index >= 15 is 0 Å². The zero-order valence-electron chi connectivity index (χ0n) is 13.3. The molecule has 0 aliphatic carbocycles. The van der Waals surface area contributed by atoms with E-state index in [1.165, 1.54) is 0 Å². The molecular weight excluding hydrogens is 318 g/mol. The fourth-order valence-corrected chi connectivity index (χ4v) is 2.57. The van der Waals surface area contributed by atoms with Gasteiger partial charge in [-0.15, -0.1) is 0 Å². The molecular formula is C19H17N3O3. The molecule has 3 aromatic rings. The highest BCUT2D eigenvalue weighted by atomic mass is 16.5. The van der Waals surface area contributed by atoms with Crippen LogP contribution in [0.25, 0.3) is 11.1 Å². The Morgan fingerprint density at radius 3 is 2.44 bits per heavy atom. The van der Waals surface area contributed by atoms with Crippen LogP contribution in [0.1, 0.15) is 26.4 Å². The molecule has 6 nitrogen and oxygen atoms in total. The lowest BCUT2D eigenvalue weighted by Gasteiger charge is -2.11. The molecule has 1 aromatic heterocycles. The van der Waals surface area contributed by atoms with Crippen LogP contribution in [-0.4, -0.2) is 22.0 Å². The SMILES string of the molecule is O=C(NCc1ccc(C(=O)NO)c(-c2ccccc2)c1)c1ccc[nH]1. The number of benzene rings is 2. The van der Waals surface area contributed by atoms with Crippen LogP contribution in [0.15, 0.2) is 66.9 Å². The fraction of sp³-hybridized carbons (Fsp3) is 0.0526. The molecule has 4 N–H and O–H groups in total. The van der Waals surface area contributed by atoms with E-state index in [0.717, 1.165) is 11.1 Å². The Bertz CT molecular complexity index is 874. The second-order valence-electron chi connectivity index (χ2n) is 5.45. The molecule has 0 aliphatic heterocycles. The van der Waals surface area contributed by atoms with Crippen LogP contribution in [0, 0.1) is 0 Å². The second kappa shape index (κ2) is 7.46. The molecule has 0 atom stereocenters. The van der Waals surface area contributed by atoms with Gasteiger partial charge in [-0.1, -0.05) is 36.4 Å². The van der Waals surface area contributed by atoms with Crippen molar-refractivity contribution in [1.29, 1.82) is 0 Å². The number of aromatic nitrogens is 1. The van der Waals surface area contributed by atoms with E-state index in [1.807, 2.05) is 36.4 Å². The van der Waals surface area contributed by atoms with Gasteiger partial charge in [-0.2, -0.15) is 0 Å². The van der Waals surface area contributed by atoms with Gasteiger partial charge < -0.3 is 10.3 Å². The van der Waals surface area contributed by atoms with Crippen molar-refractivity contribution in [2.75, 3.05) is 0 Å². The average Bonchev–Trinajstić information content (AvgIpc) is 3.21. The maximum Gasteiger partial charge on any atom is 0.275 e. The van der Waals surface area contributed by atoms with Crippen LogP contribution < -0.4 is 10.8 Å². The van der Waals surface area contributed by atoms with Gasteiger partial charge in [0.05, 0.1) is 0 Å². The number of aromatic amines is 1. The second-order valence-corrected chi connectivity index (χ2v) is 5.45. The molecule has 0 saturated carbocycles. The summed E-state index contributed by atoms with van der Waals surface area (Å²) in [5.74, 6) is -0.788. The van der Waals surface area contributed by atoms with Crippen LogP contribution in [0.3, 0.4) is 0 Å². The summed E-state index contributed by atoms with van der Waals surface area (Å²) in [6, 6.07) is 18.0. The first-order valence-electron chi connectivity index (χ1n) is 7.73. The van der Waals surface area contributed by atoms with Crippen molar-refractivity contribution in [3.8, 4) is 11.1 Å². The summed E-state index contributed by atoms with van der Waals surface area (Å²) in [7, 11) is 0. The molecule has 0 radical (unpaired) electrons. The van der Waals surface area contributed by atoms with E-state index in [9.17, 15) is 9.59 Å². The molecule has 0 spiro atoms. The number of H-pyrrole nitrogens is 1. The van der Waals surface area contributed by atoms with Gasteiger partial charge in [0.1, 0.15) is 5.69 Å². The van der Waals surface area contributed by atoms with Crippen molar-refractivity contribution >= 4 is 11.8 Å². The Morgan fingerprint density at radius 1 is 0.960 bits per heavy atom. The number of hydroxylamine groups is 1. The van der Waals surface area contributed by atoms with Crippen LogP contribution in [0.4, 0.5) is 0 Å². The molecule has 126 valence electrons. The summed E-state index contributed by atoms with van der Waals surface area (Å²) < 4.78 is 0. The zero-order chi connectivity index (χ0) is 17.6. The first-order chi connectivity index (χ1) is 12.2. The number of carbonyl (C=O) groups is 2. The van der Waals surface area contributed by atoms with Gasteiger partial charge in [0.15, 0.2) is 0 Å². The monoisotopic (exact) mass is 335 g/mol. The summed E-state index contributed by atoms with van der Waals surface area (Å²) in [5.41, 5.74) is 4.87. The standard InChI is InChI=1S/C19H17N3O3/c23-18(22-25)15-9-8-13(11-16(15)14-5-2-1-3-6-14)12-21-19(24)17-7-4-10-20-17/h1-11,20,25H,12H2,(H,21,24)(H,22,23). The molecule has 0 unspecified atom stereocenters. The van der Waals surface area contributed by atoms with Crippen molar-refractivity contribution in [1.82, 2.24) is 15.8 Å². The Balaban J connectivity index is 1.86. The summed E-state index contributed by atoms with van der Waals surface area (Å²) >= 11 is 0. The van der Waals surface area contributed by atoms with Gasteiger partial charge in [0, 0.05) is 18.3 Å². The van der Waals surface area contributed by atoms with Gasteiger partial charge in [0.2, 0.25) is 0 Å². The van der Waals surface area contributed by atoms with Crippen LogP contribution >= 0.6 is 0 Å². The minimum Gasteiger partial charge on any atom is -0.357 e. The third-order valence-corrected chi connectivity index (χ3v) is 3.81. The van der Waals surface area contributed by atoms with Gasteiger partial charge >= 0.3 is 0 Å². The summed E-state index contributed by atoms with van der Waals surface area (Å²) in [6.45, 7) is 0.318. The minimum atomic E-state index is -0.583. The van der Waals surface area contributed by atoms with Gasteiger partial charge in [0.25, 0.3) is 11.8 Å². The molecule has 2 amide bonds. The van der Waals surface area contributed by atoms with Crippen molar-refractivity contribution in [3.05, 3.63) is 83.7 Å². The van der Waals surface area contributed by atoms with E-state index in [1.54, 1.807) is 35.9 Å². The van der Waals surface area contributed by atoms with E-state index in [0.29, 0.717) is 23.4 Å². The quantitative estimate of drug-likeness (QED) is 0.426. The molecule has 6 heteroatoms. The lowest BCUT2D eigenvalue weighted by atomic mass is 9.97. The van der Waals surface area contributed by atoms with Crippen molar-refractivity contribution in [2.24, 2.45) is 0 Å². The predicted molar refractivity (Wildman–Crippen MR) is 93.1 cm³/mol. The smallest absolute Gasteiger partial charge is 0.275 e. The predicted octanol–water partition coefficient (Wildman–Crippen LogP) is 2.73. The number of nitrogens with one attached hydrogen (secondary N) is 3. The molecule has 2 aromatic carbocycles. The highest BCUT2D eigenvalue weighted by molar-refractivity contribution is 6.00. The molecule has 0 fully saturated rings. The Kier molecular flexibility index (Phi) is 4.92. The fourth-order valence-electron chi connectivity index (χ4n) is 2.57. The third-order valence-electron chi connectivity index (χ3n) is 3.81. The van der Waals surface area contributed by atoms with Crippen LogP contribution in [0.2, 0.25) is 0 Å². The lowest BCUT2D eigenvalue weighted by Crippen LogP contribution is -2.23. The minimum absolute atomic E-state index is 0.205. The van der Waals surface area contributed by atoms with E-state index < -0.39 is 5.91 Å². The highest BCUT2D eigenvalue weighted by Crippen LogP contribution is 2.25. The van der Waals surface area contributed by atoms with Crippen LogP contribution in [-0.2, 0) is 6.54 Å². The third kappa shape index (κ3) is 3.76. The summed E-state index contributed by atoms with van der Waals surface area (Å²) in [4.78, 5) is 26.8. The van der Waals surface area contributed by atoms with Gasteiger partial charge in [-0.05, 0) is 41.0 Å². The van der Waals surface area contributed by atoms with E-state index in [-0.39, 0.29) is 5.91 Å². The molecule has 25 heavy (non-hydrogen) atoms. The lowest BCUT2D eigenvalue weighted by molar-refractivity contribution is 0.0707. The first kappa shape index (κ1) is 16.5. The van der Waals surface area contributed by atoms with Crippen LogP contribution in [0.5, 0.6) is 0 Å². The molecule has 0 aliphatic rings.